The summed E-state index contributed by atoms with van der Waals surface area (Å²) in [7, 11) is 3.24. The van der Waals surface area contributed by atoms with Crippen molar-refractivity contribution in [3.63, 3.8) is 0 Å². The summed E-state index contributed by atoms with van der Waals surface area (Å²) in [5, 5.41) is 6.38. The van der Waals surface area contributed by atoms with E-state index in [9.17, 15) is 4.79 Å². The van der Waals surface area contributed by atoms with Crippen LogP contribution in [0.15, 0.2) is 36.4 Å². The Labute approximate surface area is 148 Å². The summed E-state index contributed by atoms with van der Waals surface area (Å²) >= 11 is 0. The van der Waals surface area contributed by atoms with Gasteiger partial charge in [0.25, 0.3) is 5.91 Å². The van der Waals surface area contributed by atoms with Crippen molar-refractivity contribution in [2.75, 3.05) is 32.6 Å². The summed E-state index contributed by atoms with van der Waals surface area (Å²) in [5.74, 6) is 1.40. The highest BCUT2D eigenvalue weighted by Crippen LogP contribution is 2.28. The molecule has 0 saturated carbocycles. The van der Waals surface area contributed by atoms with Gasteiger partial charge in [0.15, 0.2) is 11.5 Å². The molecule has 2 aromatic carbocycles. The van der Waals surface area contributed by atoms with Crippen LogP contribution < -0.4 is 20.1 Å². The normalized spacial score (nSPS) is 12.7. The molecule has 132 valence electrons. The van der Waals surface area contributed by atoms with Gasteiger partial charge in [-0.3, -0.25) is 4.79 Å². The Balaban J connectivity index is 1.62. The third kappa shape index (κ3) is 3.87. The van der Waals surface area contributed by atoms with Crippen molar-refractivity contribution in [3.05, 3.63) is 53.1 Å². The summed E-state index contributed by atoms with van der Waals surface area (Å²) < 4.78 is 10.6. The summed E-state index contributed by atoms with van der Waals surface area (Å²) in [6.45, 7) is 1.54. The SMILES string of the molecule is COc1ccc(CCNC(=O)c2cccc3c2CCCN3)cc1OC. The van der Waals surface area contributed by atoms with Crippen LogP contribution in [0.2, 0.25) is 0 Å². The average Bonchev–Trinajstić information content (AvgIpc) is 2.67. The van der Waals surface area contributed by atoms with E-state index in [-0.39, 0.29) is 5.91 Å². The van der Waals surface area contributed by atoms with Crippen LogP contribution in [0.5, 0.6) is 11.5 Å². The van der Waals surface area contributed by atoms with E-state index in [1.165, 1.54) is 0 Å². The molecule has 0 saturated heterocycles. The Hall–Kier alpha value is -2.69. The lowest BCUT2D eigenvalue weighted by Crippen LogP contribution is -2.27. The minimum Gasteiger partial charge on any atom is -0.493 e. The van der Waals surface area contributed by atoms with Gasteiger partial charge in [-0.05, 0) is 54.7 Å². The molecule has 1 aliphatic heterocycles. The molecule has 0 spiro atoms. The van der Waals surface area contributed by atoms with Crippen molar-refractivity contribution in [1.82, 2.24) is 5.32 Å². The molecule has 1 aliphatic rings. The molecule has 2 N–H and O–H groups in total. The number of carbonyl (C=O) groups excluding carboxylic acids is 1. The molecule has 0 radical (unpaired) electrons. The van der Waals surface area contributed by atoms with E-state index < -0.39 is 0 Å². The van der Waals surface area contributed by atoms with Crippen molar-refractivity contribution >= 4 is 11.6 Å². The topological polar surface area (TPSA) is 59.6 Å². The van der Waals surface area contributed by atoms with Crippen LogP contribution in [0.4, 0.5) is 5.69 Å². The standard InChI is InChI=1S/C20H24N2O3/c1-24-18-9-8-14(13-19(18)25-2)10-12-22-20(23)16-5-3-7-17-15(16)6-4-11-21-17/h3,5,7-9,13,21H,4,6,10-12H2,1-2H3,(H,22,23). The summed E-state index contributed by atoms with van der Waals surface area (Å²) in [4.78, 5) is 12.5. The van der Waals surface area contributed by atoms with Crippen LogP contribution in [0.1, 0.15) is 27.9 Å². The molecule has 0 unspecified atom stereocenters. The highest BCUT2D eigenvalue weighted by molar-refractivity contribution is 5.97. The van der Waals surface area contributed by atoms with Gasteiger partial charge in [-0.1, -0.05) is 12.1 Å². The van der Waals surface area contributed by atoms with Gasteiger partial charge in [0.1, 0.15) is 0 Å². The van der Waals surface area contributed by atoms with Crippen LogP contribution in [0, 0.1) is 0 Å². The third-order valence-electron chi connectivity index (χ3n) is 4.49. The number of carbonyl (C=O) groups is 1. The lowest BCUT2D eigenvalue weighted by molar-refractivity contribution is 0.0953. The maximum absolute atomic E-state index is 12.5. The molecule has 0 aromatic heterocycles. The zero-order valence-corrected chi connectivity index (χ0v) is 14.7. The smallest absolute Gasteiger partial charge is 0.251 e. The van der Waals surface area contributed by atoms with Crippen molar-refractivity contribution in [2.24, 2.45) is 0 Å². The van der Waals surface area contributed by atoms with Gasteiger partial charge in [-0.15, -0.1) is 0 Å². The first-order valence-corrected chi connectivity index (χ1v) is 8.58. The summed E-state index contributed by atoms with van der Waals surface area (Å²) in [5.41, 5.74) is 4.07. The number of amides is 1. The molecule has 2 aromatic rings. The third-order valence-corrected chi connectivity index (χ3v) is 4.49. The minimum atomic E-state index is -0.0129. The van der Waals surface area contributed by atoms with Gasteiger partial charge in [-0.25, -0.2) is 0 Å². The molecule has 1 amide bonds. The predicted octanol–water partition coefficient (Wildman–Crippen LogP) is 3.03. The number of benzene rings is 2. The number of fused-ring (bicyclic) bond motifs is 1. The Morgan fingerprint density at radius 2 is 2.00 bits per heavy atom. The van der Waals surface area contributed by atoms with E-state index in [1.807, 2.05) is 36.4 Å². The number of anilines is 1. The molecular weight excluding hydrogens is 316 g/mol. The highest BCUT2D eigenvalue weighted by atomic mass is 16.5. The van der Waals surface area contributed by atoms with E-state index >= 15 is 0 Å². The Kier molecular flexibility index (Phi) is 5.43. The van der Waals surface area contributed by atoms with Gasteiger partial charge in [0.05, 0.1) is 14.2 Å². The Bertz CT molecular complexity index is 759. The average molecular weight is 340 g/mol. The zero-order chi connectivity index (χ0) is 17.6. The molecule has 0 atom stereocenters. The molecular formula is C20H24N2O3. The lowest BCUT2D eigenvalue weighted by atomic mass is 9.97. The van der Waals surface area contributed by atoms with Gasteiger partial charge >= 0.3 is 0 Å². The second-order valence-electron chi connectivity index (χ2n) is 6.06. The van der Waals surface area contributed by atoms with Crippen molar-refractivity contribution in [1.29, 1.82) is 0 Å². The quantitative estimate of drug-likeness (QED) is 0.849. The van der Waals surface area contributed by atoms with E-state index in [0.717, 1.165) is 48.2 Å². The first-order valence-electron chi connectivity index (χ1n) is 8.58. The van der Waals surface area contributed by atoms with Crippen LogP contribution >= 0.6 is 0 Å². The molecule has 1 heterocycles. The van der Waals surface area contributed by atoms with Crippen molar-refractivity contribution < 1.29 is 14.3 Å². The van der Waals surface area contributed by atoms with Crippen LogP contribution in [0.25, 0.3) is 0 Å². The number of hydrogen-bond acceptors (Lipinski definition) is 4. The summed E-state index contributed by atoms with van der Waals surface area (Å²) in [6.07, 6.45) is 2.74. The fourth-order valence-corrected chi connectivity index (χ4v) is 3.17. The predicted molar refractivity (Wildman–Crippen MR) is 98.8 cm³/mol. The molecule has 0 fully saturated rings. The number of nitrogens with one attached hydrogen (secondary N) is 2. The number of rotatable bonds is 6. The molecule has 25 heavy (non-hydrogen) atoms. The van der Waals surface area contributed by atoms with E-state index in [1.54, 1.807) is 14.2 Å². The molecule has 3 rings (SSSR count). The molecule has 0 aliphatic carbocycles. The van der Waals surface area contributed by atoms with E-state index in [4.69, 9.17) is 9.47 Å². The number of ether oxygens (including phenoxy) is 2. The first kappa shape index (κ1) is 17.1. The maximum Gasteiger partial charge on any atom is 0.251 e. The van der Waals surface area contributed by atoms with Gasteiger partial charge in [0.2, 0.25) is 0 Å². The first-order chi connectivity index (χ1) is 12.2. The van der Waals surface area contributed by atoms with Crippen LogP contribution in [-0.2, 0) is 12.8 Å². The van der Waals surface area contributed by atoms with Gasteiger partial charge < -0.3 is 20.1 Å². The number of hydrogen-bond donors (Lipinski definition) is 2. The fourth-order valence-electron chi connectivity index (χ4n) is 3.17. The molecule has 5 nitrogen and oxygen atoms in total. The second kappa shape index (κ2) is 7.92. The minimum absolute atomic E-state index is 0.0129. The van der Waals surface area contributed by atoms with Crippen molar-refractivity contribution in [2.45, 2.75) is 19.3 Å². The van der Waals surface area contributed by atoms with E-state index in [2.05, 4.69) is 10.6 Å². The van der Waals surface area contributed by atoms with Crippen LogP contribution in [0.3, 0.4) is 0 Å². The van der Waals surface area contributed by atoms with Crippen LogP contribution in [-0.4, -0.2) is 33.2 Å². The number of methoxy groups -OCH3 is 2. The molecule has 0 bridgehead atoms. The second-order valence-corrected chi connectivity index (χ2v) is 6.06. The molecule has 5 heteroatoms. The Morgan fingerprint density at radius 3 is 2.80 bits per heavy atom. The van der Waals surface area contributed by atoms with Crippen molar-refractivity contribution in [3.8, 4) is 11.5 Å². The fraction of sp³-hybridized carbons (Fsp3) is 0.350. The largest absolute Gasteiger partial charge is 0.493 e. The summed E-state index contributed by atoms with van der Waals surface area (Å²) in [6, 6.07) is 11.7. The van der Waals surface area contributed by atoms with Gasteiger partial charge in [-0.2, -0.15) is 0 Å². The highest BCUT2D eigenvalue weighted by Gasteiger charge is 2.17. The Morgan fingerprint density at radius 1 is 1.16 bits per heavy atom. The van der Waals surface area contributed by atoms with Gasteiger partial charge in [0, 0.05) is 24.3 Å². The maximum atomic E-state index is 12.5. The van der Waals surface area contributed by atoms with E-state index in [0.29, 0.717) is 18.0 Å². The lowest BCUT2D eigenvalue weighted by Gasteiger charge is -2.20. The monoisotopic (exact) mass is 340 g/mol. The zero-order valence-electron chi connectivity index (χ0n) is 14.7.